The van der Waals surface area contributed by atoms with Gasteiger partial charge < -0.3 is 15.9 Å². The summed E-state index contributed by atoms with van der Waals surface area (Å²) in [4.78, 5) is 10.3. The van der Waals surface area contributed by atoms with Gasteiger partial charge in [-0.25, -0.2) is 4.79 Å². The molecule has 0 aromatic heterocycles. The molecule has 2 aromatic carbocycles. The number of aryl methyl sites for hydroxylation is 1. The van der Waals surface area contributed by atoms with Crippen LogP contribution in [0.15, 0.2) is 36.4 Å². The van der Waals surface area contributed by atoms with Crippen LogP contribution in [0.5, 0.6) is 5.75 Å². The molecular weight excluding hydrogens is 290 g/mol. The molecule has 0 saturated carbocycles. The molecule has 4 N–H and O–H groups in total. The minimum Gasteiger partial charge on any atom is -0.507 e. The van der Waals surface area contributed by atoms with E-state index >= 15 is 0 Å². The highest BCUT2D eigenvalue weighted by molar-refractivity contribution is 5.90. The molecule has 124 valence electrons. The van der Waals surface area contributed by atoms with Gasteiger partial charge in [-0.15, -0.1) is 0 Å². The third-order valence-electron chi connectivity index (χ3n) is 3.79. The summed E-state index contributed by atoms with van der Waals surface area (Å²) < 4.78 is 0. The lowest BCUT2D eigenvalue weighted by Crippen LogP contribution is -2.02. The molecule has 0 bridgehead atoms. The van der Waals surface area contributed by atoms with E-state index in [0.717, 1.165) is 24.9 Å². The first kappa shape index (κ1) is 18.6. The summed E-state index contributed by atoms with van der Waals surface area (Å²) in [6, 6.07) is 10.0. The zero-order valence-corrected chi connectivity index (χ0v) is 14.0. The van der Waals surface area contributed by atoms with Crippen molar-refractivity contribution in [2.75, 3.05) is 5.73 Å². The highest BCUT2D eigenvalue weighted by Gasteiger charge is 2.07. The number of nitrogen functional groups attached to an aromatic ring is 1. The van der Waals surface area contributed by atoms with E-state index < -0.39 is 5.97 Å². The Hall–Kier alpha value is -2.49. The average molecular weight is 315 g/mol. The van der Waals surface area contributed by atoms with E-state index in [1.165, 1.54) is 28.8 Å². The Morgan fingerprint density at radius 2 is 1.57 bits per heavy atom. The van der Waals surface area contributed by atoms with Gasteiger partial charge >= 0.3 is 5.97 Å². The molecule has 0 aliphatic rings. The number of carbonyl (C=O) groups is 1. The van der Waals surface area contributed by atoms with Crippen LogP contribution in [0.1, 0.15) is 47.8 Å². The molecule has 0 fully saturated rings. The molecule has 0 aliphatic carbocycles. The summed E-state index contributed by atoms with van der Waals surface area (Å²) in [6.45, 7) is 6.57. The number of aromatic hydroxyl groups is 1. The third kappa shape index (κ3) is 4.74. The van der Waals surface area contributed by atoms with Crippen LogP contribution in [0.3, 0.4) is 0 Å². The van der Waals surface area contributed by atoms with Crippen LogP contribution in [0.4, 0.5) is 5.69 Å². The summed E-state index contributed by atoms with van der Waals surface area (Å²) in [7, 11) is 0. The van der Waals surface area contributed by atoms with E-state index in [1.807, 2.05) is 6.07 Å². The fraction of sp³-hybridized carbons (Fsp3) is 0.316. The summed E-state index contributed by atoms with van der Waals surface area (Å²) >= 11 is 0. The van der Waals surface area contributed by atoms with Crippen LogP contribution < -0.4 is 5.73 Å². The molecule has 0 aliphatic heterocycles. The van der Waals surface area contributed by atoms with Gasteiger partial charge in [0.2, 0.25) is 0 Å². The molecular formula is C19H25NO3. The Labute approximate surface area is 137 Å². The van der Waals surface area contributed by atoms with Gasteiger partial charge in [-0.2, -0.15) is 0 Å². The SMILES string of the molecule is CCc1ccc(N)c(CC)c1CC.O=C(O)c1ccccc1O. The van der Waals surface area contributed by atoms with Crippen molar-refractivity contribution in [2.45, 2.75) is 40.0 Å². The molecule has 0 radical (unpaired) electrons. The van der Waals surface area contributed by atoms with Crippen molar-refractivity contribution < 1.29 is 15.0 Å². The highest BCUT2D eigenvalue weighted by Crippen LogP contribution is 2.23. The van der Waals surface area contributed by atoms with Gasteiger partial charge in [0.05, 0.1) is 0 Å². The van der Waals surface area contributed by atoms with Gasteiger partial charge in [0, 0.05) is 5.69 Å². The standard InChI is InChI=1S/C12H19N.C7H6O3/c1-4-9-7-8-12(13)11(6-3)10(9)5-2;8-6-4-2-1-3-5(6)7(9)10/h7-8H,4-6,13H2,1-3H3;1-4,8H,(H,9,10). The number of hydrogen-bond donors (Lipinski definition) is 3. The molecule has 2 rings (SSSR count). The molecule has 0 atom stereocenters. The van der Waals surface area contributed by atoms with Gasteiger partial charge in [0.25, 0.3) is 0 Å². The van der Waals surface area contributed by atoms with Crippen LogP contribution in [-0.4, -0.2) is 16.2 Å². The smallest absolute Gasteiger partial charge is 0.339 e. The largest absolute Gasteiger partial charge is 0.507 e. The first-order valence-electron chi connectivity index (χ1n) is 7.86. The molecule has 0 spiro atoms. The predicted octanol–water partition coefficient (Wildman–Crippen LogP) is 4.05. The molecule has 0 amide bonds. The van der Waals surface area contributed by atoms with Crippen LogP contribution in [0, 0.1) is 0 Å². The van der Waals surface area contributed by atoms with E-state index in [4.69, 9.17) is 15.9 Å². The van der Waals surface area contributed by atoms with Gasteiger partial charge in [0.15, 0.2) is 0 Å². The zero-order chi connectivity index (χ0) is 17.4. The topological polar surface area (TPSA) is 83.6 Å². The number of nitrogens with two attached hydrogens (primary N) is 1. The number of carboxylic acid groups (broad SMARTS) is 1. The molecule has 2 aromatic rings. The maximum absolute atomic E-state index is 10.3. The van der Waals surface area contributed by atoms with Crippen LogP contribution >= 0.6 is 0 Å². The van der Waals surface area contributed by atoms with Crippen LogP contribution in [-0.2, 0) is 19.3 Å². The lowest BCUT2D eigenvalue weighted by molar-refractivity contribution is 0.0693. The van der Waals surface area contributed by atoms with E-state index in [9.17, 15) is 4.79 Å². The van der Waals surface area contributed by atoms with Gasteiger partial charge in [0.1, 0.15) is 11.3 Å². The fourth-order valence-electron chi connectivity index (χ4n) is 2.60. The summed E-state index contributed by atoms with van der Waals surface area (Å²) in [5, 5.41) is 17.3. The van der Waals surface area contributed by atoms with E-state index in [2.05, 4.69) is 26.8 Å². The lowest BCUT2D eigenvalue weighted by Gasteiger charge is -2.13. The zero-order valence-electron chi connectivity index (χ0n) is 14.0. The van der Waals surface area contributed by atoms with Crippen molar-refractivity contribution in [3.63, 3.8) is 0 Å². The van der Waals surface area contributed by atoms with E-state index in [1.54, 1.807) is 12.1 Å². The molecule has 23 heavy (non-hydrogen) atoms. The summed E-state index contributed by atoms with van der Waals surface area (Å²) in [5.41, 5.74) is 11.1. The lowest BCUT2D eigenvalue weighted by atomic mass is 9.94. The Kier molecular flexibility index (Phi) is 7.13. The summed E-state index contributed by atoms with van der Waals surface area (Å²) in [5.74, 6) is -1.31. The monoisotopic (exact) mass is 315 g/mol. The Balaban J connectivity index is 0.000000238. The second-order valence-corrected chi connectivity index (χ2v) is 5.15. The number of anilines is 1. The number of hydrogen-bond acceptors (Lipinski definition) is 3. The van der Waals surface area contributed by atoms with E-state index in [-0.39, 0.29) is 11.3 Å². The maximum atomic E-state index is 10.3. The van der Waals surface area contributed by atoms with Crippen LogP contribution in [0.25, 0.3) is 0 Å². The van der Waals surface area contributed by atoms with Gasteiger partial charge in [-0.1, -0.05) is 39.0 Å². The number of benzene rings is 2. The van der Waals surface area contributed by atoms with Crippen molar-refractivity contribution in [1.82, 2.24) is 0 Å². The Morgan fingerprint density at radius 3 is 2.00 bits per heavy atom. The molecule has 4 nitrogen and oxygen atoms in total. The van der Waals surface area contributed by atoms with Crippen molar-refractivity contribution in [2.24, 2.45) is 0 Å². The number of phenols is 1. The third-order valence-corrected chi connectivity index (χ3v) is 3.79. The number of aromatic carboxylic acids is 1. The maximum Gasteiger partial charge on any atom is 0.339 e. The first-order chi connectivity index (χ1) is 11.0. The van der Waals surface area contributed by atoms with Crippen molar-refractivity contribution in [3.8, 4) is 5.75 Å². The second kappa shape index (κ2) is 8.83. The average Bonchev–Trinajstić information content (AvgIpc) is 2.55. The van der Waals surface area contributed by atoms with Crippen LogP contribution in [0.2, 0.25) is 0 Å². The molecule has 4 heteroatoms. The fourth-order valence-corrected chi connectivity index (χ4v) is 2.60. The Bertz CT molecular complexity index is 666. The summed E-state index contributed by atoms with van der Waals surface area (Å²) in [6.07, 6.45) is 3.25. The Morgan fingerprint density at radius 1 is 0.957 bits per heavy atom. The van der Waals surface area contributed by atoms with Crippen molar-refractivity contribution >= 4 is 11.7 Å². The molecule has 0 saturated heterocycles. The molecule has 0 unspecified atom stereocenters. The number of para-hydroxylation sites is 1. The first-order valence-corrected chi connectivity index (χ1v) is 7.86. The highest BCUT2D eigenvalue weighted by atomic mass is 16.4. The minimum atomic E-state index is -1.11. The van der Waals surface area contributed by atoms with Crippen molar-refractivity contribution in [3.05, 3.63) is 58.7 Å². The number of rotatable bonds is 4. The van der Waals surface area contributed by atoms with Gasteiger partial charge in [-0.05, 0) is 54.2 Å². The quantitative estimate of drug-likeness (QED) is 0.743. The molecule has 0 heterocycles. The van der Waals surface area contributed by atoms with Gasteiger partial charge in [-0.3, -0.25) is 0 Å². The minimum absolute atomic E-state index is 0.0671. The normalized spacial score (nSPS) is 9.87. The predicted molar refractivity (Wildman–Crippen MR) is 94.1 cm³/mol. The second-order valence-electron chi connectivity index (χ2n) is 5.15. The van der Waals surface area contributed by atoms with E-state index in [0.29, 0.717) is 0 Å². The number of carboxylic acids is 1. The van der Waals surface area contributed by atoms with Crippen molar-refractivity contribution in [1.29, 1.82) is 0 Å².